The van der Waals surface area contributed by atoms with Crippen molar-refractivity contribution in [2.45, 2.75) is 31.0 Å². The van der Waals surface area contributed by atoms with Gasteiger partial charge in [-0.1, -0.05) is 27.3 Å². The van der Waals surface area contributed by atoms with Gasteiger partial charge in [0.1, 0.15) is 0 Å². The minimum atomic E-state index is -3.78. The predicted molar refractivity (Wildman–Crippen MR) is 173 cm³/mol. The highest BCUT2D eigenvalue weighted by atomic mass is 79.9. The molecular weight excluding hydrogens is 672 g/mol. The van der Waals surface area contributed by atoms with Gasteiger partial charge in [-0.2, -0.15) is 14.4 Å². The van der Waals surface area contributed by atoms with Crippen LogP contribution in [-0.2, 0) is 14.8 Å². The van der Waals surface area contributed by atoms with Gasteiger partial charge in [-0.3, -0.25) is 4.79 Å². The van der Waals surface area contributed by atoms with E-state index < -0.39 is 15.9 Å². The summed E-state index contributed by atoms with van der Waals surface area (Å²) in [4.78, 5) is 18.7. The van der Waals surface area contributed by atoms with Crippen LogP contribution in [0, 0.1) is 0 Å². The molecule has 11 nitrogen and oxygen atoms in total. The number of aromatic nitrogens is 1. The Kier molecular flexibility index (Phi) is 9.56. The number of anilines is 1. The topological polar surface area (TPSA) is 120 Å². The molecular formula is C30H31BrN4O7S2. The number of carbonyl (C=O) groups is 1. The van der Waals surface area contributed by atoms with Gasteiger partial charge in [0, 0.05) is 28.7 Å². The maximum Gasteiger partial charge on any atom is 0.280 e. The number of ether oxygens (including phenoxy) is 4. The SMILES string of the molecule is COc1cc(/C=N/N(C(=O)c2ccc(S(=O)(=O)N3CC(C)OC(C)C3)cc2)c2nc3ccc(Br)cc3s2)cc(OC)c1OC. The molecule has 0 bridgehead atoms. The van der Waals surface area contributed by atoms with Gasteiger partial charge in [0.15, 0.2) is 11.5 Å². The molecule has 0 radical (unpaired) electrons. The number of benzene rings is 3. The minimum absolute atomic E-state index is 0.0904. The second-order valence-corrected chi connectivity index (χ2v) is 13.9. The van der Waals surface area contributed by atoms with Crippen LogP contribution >= 0.6 is 27.3 Å². The van der Waals surface area contributed by atoms with Gasteiger partial charge in [0.2, 0.25) is 20.9 Å². The fraction of sp³-hybridized carbons (Fsp3) is 0.300. The van der Waals surface area contributed by atoms with E-state index in [1.54, 1.807) is 12.1 Å². The molecule has 44 heavy (non-hydrogen) atoms. The summed E-state index contributed by atoms with van der Waals surface area (Å²) in [5, 5.41) is 6.05. The number of rotatable bonds is 9. The highest BCUT2D eigenvalue weighted by Gasteiger charge is 2.32. The molecule has 1 amide bonds. The lowest BCUT2D eigenvalue weighted by Gasteiger charge is -2.34. The number of fused-ring (bicyclic) bond motifs is 1. The Morgan fingerprint density at radius 3 is 2.25 bits per heavy atom. The first-order chi connectivity index (χ1) is 21.0. The van der Waals surface area contributed by atoms with Crippen molar-refractivity contribution in [2.75, 3.05) is 39.4 Å². The zero-order valence-electron chi connectivity index (χ0n) is 24.7. The Morgan fingerprint density at radius 2 is 1.66 bits per heavy atom. The first-order valence-electron chi connectivity index (χ1n) is 13.5. The highest BCUT2D eigenvalue weighted by Crippen LogP contribution is 2.38. The van der Waals surface area contributed by atoms with E-state index >= 15 is 0 Å². The number of amides is 1. The second-order valence-electron chi connectivity index (χ2n) is 10.0. The summed E-state index contributed by atoms with van der Waals surface area (Å²) in [6, 6.07) is 14.9. The first-order valence-corrected chi connectivity index (χ1v) is 16.6. The monoisotopic (exact) mass is 702 g/mol. The number of thiazole rings is 1. The molecule has 0 spiro atoms. The predicted octanol–water partition coefficient (Wildman–Crippen LogP) is 5.56. The lowest BCUT2D eigenvalue weighted by molar-refractivity contribution is -0.0440. The minimum Gasteiger partial charge on any atom is -0.493 e. The van der Waals surface area contributed by atoms with Crippen molar-refractivity contribution in [3.63, 3.8) is 0 Å². The molecule has 4 aromatic rings. The molecule has 5 rings (SSSR count). The maximum absolute atomic E-state index is 13.9. The Bertz CT molecular complexity index is 1780. The Labute approximate surface area is 268 Å². The summed E-state index contributed by atoms with van der Waals surface area (Å²) in [7, 11) is 0.756. The Morgan fingerprint density at radius 1 is 1.02 bits per heavy atom. The molecule has 2 unspecified atom stereocenters. The van der Waals surface area contributed by atoms with Crippen molar-refractivity contribution in [3.8, 4) is 17.2 Å². The largest absolute Gasteiger partial charge is 0.493 e. The van der Waals surface area contributed by atoms with Crippen LogP contribution in [0.15, 0.2) is 69.1 Å². The lowest BCUT2D eigenvalue weighted by atomic mass is 10.2. The molecule has 2 atom stereocenters. The summed E-state index contributed by atoms with van der Waals surface area (Å²) < 4.78 is 51.9. The molecule has 1 aliphatic heterocycles. The van der Waals surface area contributed by atoms with Crippen LogP contribution < -0.4 is 19.2 Å². The summed E-state index contributed by atoms with van der Waals surface area (Å²) in [6.45, 7) is 4.19. The Hall–Kier alpha value is -3.56. The van der Waals surface area contributed by atoms with E-state index in [0.717, 1.165) is 9.17 Å². The van der Waals surface area contributed by atoms with Gasteiger partial charge >= 0.3 is 0 Å². The van der Waals surface area contributed by atoms with Gasteiger partial charge in [0.25, 0.3) is 5.91 Å². The third kappa shape index (κ3) is 6.59. The Balaban J connectivity index is 1.50. The normalized spacial score (nSPS) is 17.6. The zero-order chi connectivity index (χ0) is 31.6. The van der Waals surface area contributed by atoms with E-state index in [2.05, 4.69) is 26.0 Å². The summed E-state index contributed by atoms with van der Waals surface area (Å²) in [5.41, 5.74) is 1.51. The second kappa shape index (κ2) is 13.2. The standard InChI is InChI=1S/C30H31BrN4O7S2/c1-18-16-34(17-19(2)42-18)44(37,38)23-9-6-21(7-10-23)29(36)35(30-33-24-11-8-22(31)14-27(24)43-30)32-15-20-12-25(39-3)28(41-5)26(13-20)40-4/h6-15,18-19H,16-17H2,1-5H3/b32-15+. The van der Waals surface area contributed by atoms with Crippen LogP contribution in [0.25, 0.3) is 10.2 Å². The fourth-order valence-corrected chi connectivity index (χ4v) is 7.90. The number of carbonyl (C=O) groups excluding carboxylic acids is 1. The van der Waals surface area contributed by atoms with Crippen LogP contribution in [0.2, 0.25) is 0 Å². The molecule has 1 aliphatic rings. The number of hydrazone groups is 1. The van der Waals surface area contributed by atoms with Crippen LogP contribution in [0.4, 0.5) is 5.13 Å². The van der Waals surface area contributed by atoms with E-state index in [-0.39, 0.29) is 35.8 Å². The molecule has 232 valence electrons. The number of halogens is 1. The average molecular weight is 704 g/mol. The number of hydrogen-bond donors (Lipinski definition) is 0. The fourth-order valence-electron chi connectivity index (χ4n) is 4.83. The molecule has 0 N–H and O–H groups in total. The third-order valence-corrected chi connectivity index (χ3v) is 10.2. The van der Waals surface area contributed by atoms with Gasteiger partial charge in [-0.25, -0.2) is 13.4 Å². The highest BCUT2D eigenvalue weighted by molar-refractivity contribution is 9.10. The van der Waals surface area contributed by atoms with Gasteiger partial charge in [-0.05, 0) is 68.4 Å². The van der Waals surface area contributed by atoms with Gasteiger partial charge in [-0.15, -0.1) is 0 Å². The number of nitrogens with zero attached hydrogens (tertiary/aromatic N) is 4. The van der Waals surface area contributed by atoms with Gasteiger partial charge < -0.3 is 18.9 Å². The van der Waals surface area contributed by atoms with E-state index in [9.17, 15) is 13.2 Å². The van der Waals surface area contributed by atoms with Crippen LogP contribution in [0.3, 0.4) is 0 Å². The number of methoxy groups -OCH3 is 3. The van der Waals surface area contributed by atoms with E-state index in [0.29, 0.717) is 33.5 Å². The smallest absolute Gasteiger partial charge is 0.280 e. The molecule has 2 heterocycles. The zero-order valence-corrected chi connectivity index (χ0v) is 27.9. The summed E-state index contributed by atoms with van der Waals surface area (Å²) >= 11 is 4.77. The van der Waals surface area contributed by atoms with Crippen LogP contribution in [-0.4, -0.2) is 76.5 Å². The van der Waals surface area contributed by atoms with Crippen molar-refractivity contribution < 1.29 is 32.2 Å². The van der Waals surface area contributed by atoms with Crippen LogP contribution in [0.5, 0.6) is 17.2 Å². The summed E-state index contributed by atoms with van der Waals surface area (Å²) in [5.74, 6) is 0.783. The quantitative estimate of drug-likeness (QED) is 0.164. The van der Waals surface area contributed by atoms with E-state index in [1.807, 2.05) is 32.0 Å². The third-order valence-electron chi connectivity index (χ3n) is 6.85. The lowest BCUT2D eigenvalue weighted by Crippen LogP contribution is -2.48. The van der Waals surface area contributed by atoms with E-state index in [4.69, 9.17) is 18.9 Å². The average Bonchev–Trinajstić information content (AvgIpc) is 3.42. The molecule has 1 fully saturated rings. The molecule has 0 aliphatic carbocycles. The van der Waals surface area contributed by atoms with Crippen molar-refractivity contribution in [1.29, 1.82) is 0 Å². The molecule has 0 saturated carbocycles. The maximum atomic E-state index is 13.9. The first kappa shape index (κ1) is 31.9. The number of sulfonamides is 1. The summed E-state index contributed by atoms with van der Waals surface area (Å²) in [6.07, 6.45) is 1.05. The van der Waals surface area contributed by atoms with Crippen molar-refractivity contribution in [2.24, 2.45) is 5.10 Å². The number of hydrogen-bond acceptors (Lipinski definition) is 10. The van der Waals surface area contributed by atoms with Crippen LogP contribution in [0.1, 0.15) is 29.8 Å². The number of morpholine rings is 1. The van der Waals surface area contributed by atoms with Gasteiger partial charge in [0.05, 0.1) is 54.9 Å². The van der Waals surface area contributed by atoms with E-state index in [1.165, 1.54) is 72.5 Å². The van der Waals surface area contributed by atoms with Crippen molar-refractivity contribution >= 4 is 64.8 Å². The van der Waals surface area contributed by atoms with Crippen molar-refractivity contribution in [3.05, 3.63) is 70.2 Å². The van der Waals surface area contributed by atoms with Crippen molar-refractivity contribution in [1.82, 2.24) is 9.29 Å². The molecule has 1 aromatic heterocycles. The molecule has 14 heteroatoms. The molecule has 3 aromatic carbocycles. The molecule has 1 saturated heterocycles.